The van der Waals surface area contributed by atoms with Gasteiger partial charge in [0.25, 0.3) is 0 Å². The van der Waals surface area contributed by atoms with E-state index in [0.29, 0.717) is 24.0 Å². The average Bonchev–Trinajstić information content (AvgIpc) is 2.44. The van der Waals surface area contributed by atoms with Crippen LogP contribution in [0.1, 0.15) is 25.0 Å². The van der Waals surface area contributed by atoms with Gasteiger partial charge in [0.05, 0.1) is 6.10 Å². The fourth-order valence-electron chi connectivity index (χ4n) is 1.90. The maximum atomic E-state index is 13.2. The fourth-order valence-corrected chi connectivity index (χ4v) is 2.08. The molecule has 2 aromatic rings. The minimum absolute atomic E-state index is 0.0660. The van der Waals surface area contributed by atoms with Crippen LogP contribution in [-0.2, 0) is 13.1 Å². The Morgan fingerprint density at radius 2 is 2.00 bits per heavy atom. The summed E-state index contributed by atoms with van der Waals surface area (Å²) >= 11 is 6.03. The summed E-state index contributed by atoms with van der Waals surface area (Å²) in [6.45, 7) is 4.96. The zero-order chi connectivity index (χ0) is 15.2. The van der Waals surface area contributed by atoms with Crippen molar-refractivity contribution < 1.29 is 9.13 Å². The van der Waals surface area contributed by atoms with Crippen molar-refractivity contribution >= 4 is 11.6 Å². The van der Waals surface area contributed by atoms with Gasteiger partial charge in [0, 0.05) is 29.9 Å². The van der Waals surface area contributed by atoms with Gasteiger partial charge in [-0.1, -0.05) is 17.7 Å². The van der Waals surface area contributed by atoms with Gasteiger partial charge in [-0.25, -0.2) is 9.37 Å². The number of ether oxygens (including phenoxy) is 1. The highest BCUT2D eigenvalue weighted by Crippen LogP contribution is 2.18. The minimum atomic E-state index is -0.290. The summed E-state index contributed by atoms with van der Waals surface area (Å²) < 4.78 is 18.8. The molecule has 0 saturated carbocycles. The molecule has 0 spiro atoms. The molecule has 3 nitrogen and oxygen atoms in total. The summed E-state index contributed by atoms with van der Waals surface area (Å²) in [7, 11) is 0. The van der Waals surface area contributed by atoms with Crippen LogP contribution in [0.15, 0.2) is 36.5 Å². The van der Waals surface area contributed by atoms with E-state index in [-0.39, 0.29) is 11.9 Å². The Hall–Kier alpha value is -1.65. The lowest BCUT2D eigenvalue weighted by atomic mass is 10.2. The molecule has 5 heteroatoms. The minimum Gasteiger partial charge on any atom is -0.475 e. The number of rotatable bonds is 6. The summed E-state index contributed by atoms with van der Waals surface area (Å²) in [5.41, 5.74) is 1.69. The second-order valence-electron chi connectivity index (χ2n) is 4.97. The molecule has 1 N–H and O–H groups in total. The van der Waals surface area contributed by atoms with E-state index < -0.39 is 0 Å². The van der Waals surface area contributed by atoms with Crippen molar-refractivity contribution in [2.45, 2.75) is 33.0 Å². The van der Waals surface area contributed by atoms with Crippen molar-refractivity contribution in [3.8, 4) is 5.88 Å². The molecule has 0 bridgehead atoms. The first-order valence-corrected chi connectivity index (χ1v) is 7.19. The molecule has 0 aliphatic carbocycles. The third kappa shape index (κ3) is 4.69. The molecule has 112 valence electrons. The van der Waals surface area contributed by atoms with Gasteiger partial charge in [0.1, 0.15) is 5.82 Å². The average molecular weight is 309 g/mol. The Labute approximate surface area is 129 Å². The van der Waals surface area contributed by atoms with Crippen LogP contribution in [0.5, 0.6) is 5.88 Å². The number of hydrogen-bond donors (Lipinski definition) is 1. The molecule has 1 aromatic heterocycles. The molecule has 0 fully saturated rings. The molecule has 21 heavy (non-hydrogen) atoms. The van der Waals surface area contributed by atoms with Gasteiger partial charge in [0.2, 0.25) is 5.88 Å². The zero-order valence-corrected chi connectivity index (χ0v) is 12.8. The van der Waals surface area contributed by atoms with E-state index in [2.05, 4.69) is 10.3 Å². The topological polar surface area (TPSA) is 34.1 Å². The second-order valence-corrected chi connectivity index (χ2v) is 5.38. The largest absolute Gasteiger partial charge is 0.475 e. The molecular weight excluding hydrogens is 291 g/mol. The molecule has 0 aliphatic heterocycles. The number of hydrogen-bond acceptors (Lipinski definition) is 3. The number of pyridine rings is 1. The normalized spacial score (nSPS) is 10.9. The zero-order valence-electron chi connectivity index (χ0n) is 12.1. The number of aromatic nitrogens is 1. The summed E-state index contributed by atoms with van der Waals surface area (Å²) in [6, 6.07) is 8.15. The van der Waals surface area contributed by atoms with Gasteiger partial charge in [-0.15, -0.1) is 0 Å². The molecule has 0 saturated heterocycles. The van der Waals surface area contributed by atoms with Gasteiger partial charge in [-0.05, 0) is 43.7 Å². The lowest BCUT2D eigenvalue weighted by molar-refractivity contribution is 0.229. The standard InChI is InChI=1S/C16H18ClFN2O/c1-11(2)21-16-12(4-3-7-20-16)9-19-10-13-8-14(18)5-6-15(13)17/h3-8,11,19H,9-10H2,1-2H3. The summed E-state index contributed by atoms with van der Waals surface area (Å²) in [6.07, 6.45) is 1.77. The summed E-state index contributed by atoms with van der Waals surface area (Å²) in [5, 5.41) is 3.78. The third-order valence-electron chi connectivity index (χ3n) is 2.84. The van der Waals surface area contributed by atoms with Crippen molar-refractivity contribution in [1.82, 2.24) is 10.3 Å². The molecule has 0 aliphatic rings. The van der Waals surface area contributed by atoms with Crippen LogP contribution in [0.3, 0.4) is 0 Å². The Morgan fingerprint density at radius 1 is 1.24 bits per heavy atom. The Bertz CT molecular complexity index is 605. The Kier molecular flexibility index (Phi) is 5.53. The Balaban J connectivity index is 1.99. The molecule has 0 radical (unpaired) electrons. The highest BCUT2D eigenvalue weighted by Gasteiger charge is 2.07. The fraction of sp³-hybridized carbons (Fsp3) is 0.312. The quantitative estimate of drug-likeness (QED) is 0.877. The van der Waals surface area contributed by atoms with Crippen molar-refractivity contribution in [2.24, 2.45) is 0 Å². The van der Waals surface area contributed by atoms with E-state index >= 15 is 0 Å². The number of nitrogens with zero attached hydrogens (tertiary/aromatic N) is 1. The van der Waals surface area contributed by atoms with Crippen LogP contribution in [0, 0.1) is 5.82 Å². The Morgan fingerprint density at radius 3 is 2.76 bits per heavy atom. The number of nitrogens with one attached hydrogen (secondary N) is 1. The first kappa shape index (κ1) is 15.7. The molecular formula is C16H18ClFN2O. The number of halogens is 2. The van der Waals surface area contributed by atoms with Gasteiger partial charge in [-0.2, -0.15) is 0 Å². The van der Waals surface area contributed by atoms with Crippen LogP contribution in [0.4, 0.5) is 4.39 Å². The van der Waals surface area contributed by atoms with E-state index in [9.17, 15) is 4.39 Å². The third-order valence-corrected chi connectivity index (χ3v) is 3.20. The second kappa shape index (κ2) is 7.38. The summed E-state index contributed by atoms with van der Waals surface area (Å²) in [5.74, 6) is 0.326. The van der Waals surface area contributed by atoms with E-state index in [4.69, 9.17) is 16.3 Å². The molecule has 1 aromatic carbocycles. The van der Waals surface area contributed by atoms with E-state index in [0.717, 1.165) is 11.1 Å². The molecule has 2 rings (SSSR count). The lowest BCUT2D eigenvalue weighted by Crippen LogP contribution is -2.16. The molecule has 1 heterocycles. The van der Waals surface area contributed by atoms with E-state index in [1.54, 1.807) is 12.3 Å². The highest BCUT2D eigenvalue weighted by molar-refractivity contribution is 6.31. The van der Waals surface area contributed by atoms with Crippen molar-refractivity contribution in [1.29, 1.82) is 0 Å². The smallest absolute Gasteiger partial charge is 0.218 e. The first-order chi connectivity index (χ1) is 10.1. The van der Waals surface area contributed by atoms with Crippen molar-refractivity contribution in [3.05, 3.63) is 58.5 Å². The van der Waals surface area contributed by atoms with Crippen molar-refractivity contribution in [2.75, 3.05) is 0 Å². The van der Waals surface area contributed by atoms with Crippen molar-refractivity contribution in [3.63, 3.8) is 0 Å². The van der Waals surface area contributed by atoms with Crippen LogP contribution >= 0.6 is 11.6 Å². The van der Waals surface area contributed by atoms with Gasteiger partial charge < -0.3 is 10.1 Å². The highest BCUT2D eigenvalue weighted by atomic mass is 35.5. The van der Waals surface area contributed by atoms with Crippen LogP contribution in [0.25, 0.3) is 0 Å². The van der Waals surface area contributed by atoms with E-state index in [1.165, 1.54) is 12.1 Å². The molecule has 0 amide bonds. The molecule has 0 atom stereocenters. The predicted octanol–water partition coefficient (Wildman–Crippen LogP) is 3.95. The van der Waals surface area contributed by atoms with Crippen LogP contribution in [0.2, 0.25) is 5.02 Å². The summed E-state index contributed by atoms with van der Waals surface area (Å²) in [4.78, 5) is 4.23. The maximum Gasteiger partial charge on any atom is 0.218 e. The van der Waals surface area contributed by atoms with E-state index in [1.807, 2.05) is 26.0 Å². The molecule has 0 unspecified atom stereocenters. The van der Waals surface area contributed by atoms with Crippen LogP contribution in [-0.4, -0.2) is 11.1 Å². The lowest BCUT2D eigenvalue weighted by Gasteiger charge is -2.13. The van der Waals surface area contributed by atoms with Gasteiger partial charge in [-0.3, -0.25) is 0 Å². The predicted molar refractivity (Wildman–Crippen MR) is 82.0 cm³/mol. The van der Waals surface area contributed by atoms with Crippen LogP contribution < -0.4 is 10.1 Å². The monoisotopic (exact) mass is 308 g/mol. The first-order valence-electron chi connectivity index (χ1n) is 6.81. The van der Waals surface area contributed by atoms with Gasteiger partial charge in [0.15, 0.2) is 0 Å². The van der Waals surface area contributed by atoms with Gasteiger partial charge >= 0.3 is 0 Å². The SMILES string of the molecule is CC(C)Oc1ncccc1CNCc1cc(F)ccc1Cl. The number of benzene rings is 1. The maximum absolute atomic E-state index is 13.2.